The van der Waals surface area contributed by atoms with Gasteiger partial charge in [0.05, 0.1) is 40.2 Å². The number of hydrogen-bond donors (Lipinski definition) is 1. The molecule has 9 nitrogen and oxygen atoms in total. The Morgan fingerprint density at radius 3 is 2.29 bits per heavy atom. The molecule has 1 amide bonds. The fourth-order valence-electron chi connectivity index (χ4n) is 3.47. The molecule has 0 saturated heterocycles. The first kappa shape index (κ1) is 25.4. The van der Waals surface area contributed by atoms with E-state index in [1.165, 1.54) is 11.8 Å². The molecular formula is C24H30N4O5S. The van der Waals surface area contributed by atoms with E-state index in [9.17, 15) is 4.79 Å². The second kappa shape index (κ2) is 11.8. The van der Waals surface area contributed by atoms with Crippen LogP contribution in [0.25, 0.3) is 11.4 Å². The number of aryl methyl sites for hydroxylation is 2. The van der Waals surface area contributed by atoms with Crippen LogP contribution < -0.4 is 19.5 Å². The van der Waals surface area contributed by atoms with Crippen molar-refractivity contribution in [1.29, 1.82) is 0 Å². The summed E-state index contributed by atoms with van der Waals surface area (Å²) in [7, 11) is 6.31. The highest BCUT2D eigenvalue weighted by Gasteiger charge is 2.20. The zero-order valence-corrected chi connectivity index (χ0v) is 21.1. The number of thioether (sulfide) groups is 1. The Hall–Kier alpha value is -3.24. The Kier molecular flexibility index (Phi) is 8.78. The van der Waals surface area contributed by atoms with Gasteiger partial charge in [0, 0.05) is 18.4 Å². The highest BCUT2D eigenvalue weighted by Crippen LogP contribution is 2.41. The number of methoxy groups -OCH3 is 4. The van der Waals surface area contributed by atoms with E-state index in [1.54, 1.807) is 28.4 Å². The first-order valence-corrected chi connectivity index (χ1v) is 11.6. The van der Waals surface area contributed by atoms with Gasteiger partial charge < -0.3 is 24.3 Å². The molecule has 34 heavy (non-hydrogen) atoms. The van der Waals surface area contributed by atoms with Gasteiger partial charge in [-0.3, -0.25) is 9.36 Å². The second-order valence-corrected chi connectivity index (χ2v) is 8.46. The van der Waals surface area contributed by atoms with Crippen LogP contribution in [0, 0.1) is 13.8 Å². The molecular weight excluding hydrogens is 456 g/mol. The molecule has 3 rings (SSSR count). The first-order chi connectivity index (χ1) is 16.4. The van der Waals surface area contributed by atoms with Crippen LogP contribution in [0.2, 0.25) is 0 Å². The first-order valence-electron chi connectivity index (χ1n) is 10.6. The zero-order valence-electron chi connectivity index (χ0n) is 20.3. The predicted molar refractivity (Wildman–Crippen MR) is 132 cm³/mol. The maximum atomic E-state index is 12.6. The molecule has 10 heteroatoms. The van der Waals surface area contributed by atoms with Crippen molar-refractivity contribution in [3.05, 3.63) is 41.5 Å². The Morgan fingerprint density at radius 1 is 1.00 bits per heavy atom. The van der Waals surface area contributed by atoms with E-state index in [0.717, 1.165) is 22.4 Å². The number of hydrogen-bond acceptors (Lipinski definition) is 8. The maximum absolute atomic E-state index is 12.6. The van der Waals surface area contributed by atoms with Crippen molar-refractivity contribution >= 4 is 23.4 Å². The number of amides is 1. The lowest BCUT2D eigenvalue weighted by Crippen LogP contribution is -2.16. The standard InChI is InChI=1S/C24H30N4O5S/c1-15-7-8-18(16(2)11-15)25-21(29)14-34-24-27-26-23(28(24)9-10-30-3)17-12-19(31-4)22(33-6)20(13-17)32-5/h7-8,11-13H,9-10,14H2,1-6H3,(H,25,29). The van der Waals surface area contributed by atoms with Gasteiger partial charge in [-0.05, 0) is 37.6 Å². The summed E-state index contributed by atoms with van der Waals surface area (Å²) in [6, 6.07) is 9.55. The monoisotopic (exact) mass is 486 g/mol. The summed E-state index contributed by atoms with van der Waals surface area (Å²) in [6.07, 6.45) is 0. The minimum Gasteiger partial charge on any atom is -0.493 e. The van der Waals surface area contributed by atoms with Gasteiger partial charge in [0.15, 0.2) is 22.5 Å². The lowest BCUT2D eigenvalue weighted by atomic mass is 10.1. The van der Waals surface area contributed by atoms with E-state index < -0.39 is 0 Å². The molecule has 0 aliphatic heterocycles. The molecule has 0 atom stereocenters. The topological polar surface area (TPSA) is 96.7 Å². The quantitative estimate of drug-likeness (QED) is 0.407. The summed E-state index contributed by atoms with van der Waals surface area (Å²) in [5.41, 5.74) is 3.71. The van der Waals surface area contributed by atoms with Crippen LogP contribution in [-0.4, -0.2) is 61.5 Å². The molecule has 3 aromatic rings. The molecule has 0 bridgehead atoms. The van der Waals surface area contributed by atoms with Gasteiger partial charge >= 0.3 is 0 Å². The molecule has 0 aliphatic rings. The molecule has 2 aromatic carbocycles. The van der Waals surface area contributed by atoms with E-state index in [-0.39, 0.29) is 11.7 Å². The van der Waals surface area contributed by atoms with E-state index in [4.69, 9.17) is 18.9 Å². The van der Waals surface area contributed by atoms with E-state index in [0.29, 0.717) is 41.4 Å². The highest BCUT2D eigenvalue weighted by atomic mass is 32.2. The Morgan fingerprint density at radius 2 is 1.71 bits per heavy atom. The fourth-order valence-corrected chi connectivity index (χ4v) is 4.24. The van der Waals surface area contributed by atoms with Crippen molar-refractivity contribution in [2.45, 2.75) is 25.5 Å². The number of anilines is 1. The molecule has 0 unspecified atom stereocenters. The zero-order chi connectivity index (χ0) is 24.7. The van der Waals surface area contributed by atoms with Crippen molar-refractivity contribution in [3.63, 3.8) is 0 Å². The number of benzene rings is 2. The van der Waals surface area contributed by atoms with Crippen molar-refractivity contribution < 1.29 is 23.7 Å². The molecule has 0 radical (unpaired) electrons. The number of carbonyl (C=O) groups is 1. The summed E-state index contributed by atoms with van der Waals surface area (Å²) in [5.74, 6) is 2.20. The average Bonchev–Trinajstić information content (AvgIpc) is 3.24. The van der Waals surface area contributed by atoms with Gasteiger partial charge in [-0.15, -0.1) is 10.2 Å². The normalized spacial score (nSPS) is 10.8. The van der Waals surface area contributed by atoms with Crippen LogP contribution in [0.15, 0.2) is 35.5 Å². The number of nitrogens with one attached hydrogen (secondary N) is 1. The summed E-state index contributed by atoms with van der Waals surface area (Å²) >= 11 is 1.31. The average molecular weight is 487 g/mol. The largest absolute Gasteiger partial charge is 0.493 e. The van der Waals surface area contributed by atoms with Gasteiger partial charge in [0.1, 0.15) is 0 Å². The lowest BCUT2D eigenvalue weighted by molar-refractivity contribution is -0.113. The summed E-state index contributed by atoms with van der Waals surface area (Å²) in [4.78, 5) is 12.6. The number of rotatable bonds is 11. The van der Waals surface area contributed by atoms with Gasteiger partial charge in [-0.1, -0.05) is 29.5 Å². The second-order valence-electron chi connectivity index (χ2n) is 7.52. The predicted octanol–water partition coefficient (Wildman–Crippen LogP) is 3.96. The number of aromatic nitrogens is 3. The Balaban J connectivity index is 1.85. The minimum absolute atomic E-state index is 0.118. The van der Waals surface area contributed by atoms with Crippen molar-refractivity contribution in [3.8, 4) is 28.6 Å². The molecule has 0 fully saturated rings. The highest BCUT2D eigenvalue weighted by molar-refractivity contribution is 7.99. The third kappa shape index (κ3) is 5.81. The SMILES string of the molecule is COCCn1c(SCC(=O)Nc2ccc(C)cc2C)nnc1-c1cc(OC)c(OC)c(OC)c1. The smallest absolute Gasteiger partial charge is 0.234 e. The van der Waals surface area contributed by atoms with Crippen LogP contribution in [0.3, 0.4) is 0 Å². The molecule has 0 saturated carbocycles. The van der Waals surface area contributed by atoms with Gasteiger partial charge in [0.2, 0.25) is 11.7 Å². The van der Waals surface area contributed by atoms with E-state index >= 15 is 0 Å². The molecule has 1 N–H and O–H groups in total. The third-order valence-electron chi connectivity index (χ3n) is 5.15. The third-order valence-corrected chi connectivity index (χ3v) is 6.11. The van der Waals surface area contributed by atoms with Crippen LogP contribution in [0.1, 0.15) is 11.1 Å². The van der Waals surface area contributed by atoms with Crippen molar-refractivity contribution in [2.24, 2.45) is 0 Å². The lowest BCUT2D eigenvalue weighted by Gasteiger charge is -2.15. The summed E-state index contributed by atoms with van der Waals surface area (Å²) in [6.45, 7) is 4.96. The molecule has 1 heterocycles. The van der Waals surface area contributed by atoms with Gasteiger partial charge in [-0.2, -0.15) is 0 Å². The Labute approximate surface area is 203 Å². The Bertz CT molecular complexity index is 1120. The van der Waals surface area contributed by atoms with Crippen molar-refractivity contribution in [1.82, 2.24) is 14.8 Å². The summed E-state index contributed by atoms with van der Waals surface area (Å²) < 4.78 is 23.6. The fraction of sp³-hybridized carbons (Fsp3) is 0.375. The summed E-state index contributed by atoms with van der Waals surface area (Å²) in [5, 5.41) is 12.3. The van der Waals surface area contributed by atoms with Crippen molar-refractivity contribution in [2.75, 3.05) is 46.1 Å². The molecule has 0 aliphatic carbocycles. The van der Waals surface area contributed by atoms with Crippen LogP contribution >= 0.6 is 11.8 Å². The minimum atomic E-state index is -0.118. The van der Waals surface area contributed by atoms with E-state index in [1.807, 2.05) is 48.7 Å². The van der Waals surface area contributed by atoms with Gasteiger partial charge in [-0.25, -0.2) is 0 Å². The van der Waals surface area contributed by atoms with Crippen LogP contribution in [0.5, 0.6) is 17.2 Å². The van der Waals surface area contributed by atoms with Gasteiger partial charge in [0.25, 0.3) is 0 Å². The van der Waals surface area contributed by atoms with Crippen LogP contribution in [0.4, 0.5) is 5.69 Å². The van der Waals surface area contributed by atoms with E-state index in [2.05, 4.69) is 15.5 Å². The van der Waals surface area contributed by atoms with Crippen LogP contribution in [-0.2, 0) is 16.1 Å². The molecule has 1 aromatic heterocycles. The maximum Gasteiger partial charge on any atom is 0.234 e. The molecule has 182 valence electrons. The number of carbonyl (C=O) groups excluding carboxylic acids is 1. The number of ether oxygens (including phenoxy) is 4. The molecule has 0 spiro atoms. The number of nitrogens with zero attached hydrogens (tertiary/aromatic N) is 3.